The van der Waals surface area contributed by atoms with E-state index in [1.54, 1.807) is 36.4 Å². The number of fused-ring (bicyclic) bond motifs is 1. The number of nitrogens with one attached hydrogen (secondary N) is 2. The van der Waals surface area contributed by atoms with E-state index in [1.807, 2.05) is 11.9 Å². The summed E-state index contributed by atoms with van der Waals surface area (Å²) in [6.45, 7) is 0.0142. The van der Waals surface area contributed by atoms with Crippen molar-refractivity contribution in [3.63, 3.8) is 0 Å². The van der Waals surface area contributed by atoms with E-state index in [0.717, 1.165) is 30.7 Å². The predicted molar refractivity (Wildman–Crippen MR) is 161 cm³/mol. The molecule has 2 aliphatic rings. The number of benzene rings is 2. The van der Waals surface area contributed by atoms with Crippen molar-refractivity contribution < 1.29 is 31.3 Å². The Hall–Kier alpha value is -2.80. The summed E-state index contributed by atoms with van der Waals surface area (Å²) in [5.41, 5.74) is 1.14. The first-order valence-electron chi connectivity index (χ1n) is 13.9. The average Bonchev–Trinajstić information content (AvgIpc) is 3.53. The van der Waals surface area contributed by atoms with Crippen LogP contribution in [0.2, 0.25) is 0 Å². The van der Waals surface area contributed by atoms with E-state index >= 15 is 0 Å². The van der Waals surface area contributed by atoms with E-state index in [0.29, 0.717) is 52.1 Å². The molecule has 226 valence electrons. The molecule has 42 heavy (non-hydrogen) atoms. The van der Waals surface area contributed by atoms with Gasteiger partial charge in [-0.05, 0) is 61.5 Å². The Bertz CT molecular complexity index is 1520. The summed E-state index contributed by atoms with van der Waals surface area (Å²) >= 11 is 1.15. The molecule has 12 heteroatoms. The number of piperidine rings is 1. The van der Waals surface area contributed by atoms with Crippen LogP contribution < -0.4 is 20.7 Å². The molecule has 5 rings (SSSR count). The van der Waals surface area contributed by atoms with Gasteiger partial charge in [0.25, 0.3) is 0 Å². The second-order valence-corrected chi connectivity index (χ2v) is 15.0. The van der Waals surface area contributed by atoms with E-state index in [9.17, 15) is 26.5 Å². The summed E-state index contributed by atoms with van der Waals surface area (Å²) < 4.78 is 87.5. The van der Waals surface area contributed by atoms with E-state index < -0.39 is 38.8 Å². The first-order chi connectivity index (χ1) is 20.1. The Kier molecular flexibility index (Phi) is 9.36. The van der Waals surface area contributed by atoms with Gasteiger partial charge in [-0.3, -0.25) is 0 Å². The summed E-state index contributed by atoms with van der Waals surface area (Å²) in [5, 5.41) is 7.38. The van der Waals surface area contributed by atoms with Crippen molar-refractivity contribution in [3.05, 3.63) is 46.8 Å². The number of anilines is 2. The fourth-order valence-electron chi connectivity index (χ4n) is 5.64. The topological polar surface area (TPSA) is 53.6 Å². The van der Waals surface area contributed by atoms with Crippen molar-refractivity contribution in [3.8, 4) is 17.6 Å². The number of likely N-dealkylation sites (tertiary alicyclic amines) is 1. The summed E-state index contributed by atoms with van der Waals surface area (Å²) in [6, 6.07) is 9.67. The van der Waals surface area contributed by atoms with Crippen LogP contribution in [0.25, 0.3) is 10.1 Å². The summed E-state index contributed by atoms with van der Waals surface area (Å²) in [7, 11) is -0.645. The quantitative estimate of drug-likeness (QED) is 0.160. The minimum absolute atomic E-state index is 0.0591. The third-order valence-corrected chi connectivity index (χ3v) is 12.3. The van der Waals surface area contributed by atoms with Crippen LogP contribution in [0.4, 0.5) is 33.3 Å². The number of thiophene rings is 1. The van der Waals surface area contributed by atoms with Gasteiger partial charge in [-0.15, -0.1) is 11.3 Å². The standard InChI is InChI=1S/C30H33F5N3O2PS/c1-38-13-11-24(23(32)18-38)37-26-7-4-6-21-22(17-30(33,34)35)28(42-29(21)26)8-5-12-36-25-10-9-20(16-27(25)40-19-31)41(39)14-2-3-15-41/h4,6-7,9-10,16,23-24,36-37H,2-3,11-15,17-19H2,1H3/t23-,24+/m1/s1. The van der Waals surface area contributed by atoms with Gasteiger partial charge in [-0.25, -0.2) is 8.78 Å². The number of rotatable bonds is 8. The van der Waals surface area contributed by atoms with Crippen LogP contribution in [-0.2, 0) is 11.0 Å². The number of hydrogen-bond donors (Lipinski definition) is 2. The summed E-state index contributed by atoms with van der Waals surface area (Å²) in [5.74, 6) is 6.00. The molecule has 2 N–H and O–H groups in total. The first-order valence-corrected chi connectivity index (χ1v) is 16.8. The highest BCUT2D eigenvalue weighted by Gasteiger charge is 2.32. The van der Waals surface area contributed by atoms with Crippen LogP contribution in [0.5, 0.6) is 5.75 Å². The van der Waals surface area contributed by atoms with Crippen LogP contribution in [0, 0.1) is 11.8 Å². The summed E-state index contributed by atoms with van der Waals surface area (Å²) in [6.07, 6.45) is -3.05. The van der Waals surface area contributed by atoms with Crippen LogP contribution >= 0.6 is 18.5 Å². The number of hydrogen-bond acceptors (Lipinski definition) is 6. The van der Waals surface area contributed by atoms with E-state index in [1.165, 1.54) is 0 Å². The lowest BCUT2D eigenvalue weighted by Gasteiger charge is -2.33. The highest BCUT2D eigenvalue weighted by molar-refractivity contribution is 7.71. The number of ether oxygens (including phenoxy) is 1. The molecule has 2 saturated heterocycles. The molecule has 1 aromatic heterocycles. The van der Waals surface area contributed by atoms with Gasteiger partial charge >= 0.3 is 6.18 Å². The third-order valence-electron chi connectivity index (χ3n) is 7.78. The molecule has 2 aromatic carbocycles. The molecule has 0 aliphatic carbocycles. The average molecular weight is 626 g/mol. The molecule has 2 fully saturated rings. The minimum Gasteiger partial charge on any atom is -0.461 e. The van der Waals surface area contributed by atoms with Gasteiger partial charge in [0.15, 0.2) is 0 Å². The van der Waals surface area contributed by atoms with Crippen LogP contribution in [0.1, 0.15) is 29.7 Å². The predicted octanol–water partition coefficient (Wildman–Crippen LogP) is 7.01. The Morgan fingerprint density at radius 2 is 1.95 bits per heavy atom. The molecule has 3 heterocycles. The maximum absolute atomic E-state index is 14.7. The van der Waals surface area contributed by atoms with Crippen LogP contribution in [0.15, 0.2) is 36.4 Å². The van der Waals surface area contributed by atoms with Gasteiger partial charge in [0.2, 0.25) is 6.86 Å². The molecule has 0 spiro atoms. The molecule has 0 bridgehead atoms. The normalized spacial score (nSPS) is 20.7. The minimum atomic E-state index is -4.44. The van der Waals surface area contributed by atoms with Crippen molar-refractivity contribution in [2.45, 2.75) is 44.1 Å². The van der Waals surface area contributed by atoms with E-state index in [4.69, 9.17) is 4.74 Å². The number of halogens is 5. The number of alkyl halides is 5. The molecule has 0 amide bonds. The van der Waals surface area contributed by atoms with Gasteiger partial charge in [0.05, 0.1) is 40.0 Å². The van der Waals surface area contributed by atoms with Crippen LogP contribution in [-0.4, -0.2) is 69.2 Å². The first kappa shape index (κ1) is 30.7. The van der Waals surface area contributed by atoms with E-state index in [2.05, 4.69) is 22.5 Å². The molecular weight excluding hydrogens is 592 g/mol. The van der Waals surface area contributed by atoms with Crippen molar-refractivity contribution in [1.82, 2.24) is 4.90 Å². The summed E-state index contributed by atoms with van der Waals surface area (Å²) in [4.78, 5) is 2.20. The highest BCUT2D eigenvalue weighted by Crippen LogP contribution is 2.51. The molecular formula is C30H33F5N3O2PS. The molecule has 2 atom stereocenters. The Morgan fingerprint density at radius 3 is 2.67 bits per heavy atom. The molecule has 2 aliphatic heterocycles. The Balaban J connectivity index is 1.38. The Labute approximate surface area is 246 Å². The highest BCUT2D eigenvalue weighted by atomic mass is 32.1. The lowest BCUT2D eigenvalue weighted by molar-refractivity contribution is -0.126. The zero-order chi connectivity index (χ0) is 29.9. The SMILES string of the molecule is CN1CC[C@H](Nc2cccc3c(CC(F)(F)F)c(C#CCNc4ccc(P5(=O)CCCC5)cc4OCF)sc23)[C@H](F)C1. The van der Waals surface area contributed by atoms with E-state index in [-0.39, 0.29) is 22.7 Å². The molecule has 3 aromatic rings. The van der Waals surface area contributed by atoms with Crippen molar-refractivity contribution in [1.29, 1.82) is 0 Å². The van der Waals surface area contributed by atoms with Gasteiger partial charge < -0.3 is 24.8 Å². The monoisotopic (exact) mass is 625 g/mol. The zero-order valence-electron chi connectivity index (χ0n) is 23.2. The maximum atomic E-state index is 14.7. The van der Waals surface area contributed by atoms with Gasteiger partial charge in [0.1, 0.15) is 19.1 Å². The lowest BCUT2D eigenvalue weighted by Crippen LogP contribution is -2.46. The number of nitrogens with zero attached hydrogens (tertiary/aromatic N) is 1. The zero-order valence-corrected chi connectivity index (χ0v) is 24.9. The lowest BCUT2D eigenvalue weighted by atomic mass is 10.0. The van der Waals surface area contributed by atoms with Crippen molar-refractivity contribution in [2.75, 3.05) is 56.5 Å². The van der Waals surface area contributed by atoms with Crippen molar-refractivity contribution in [2.24, 2.45) is 0 Å². The van der Waals surface area contributed by atoms with Crippen LogP contribution in [0.3, 0.4) is 0 Å². The fraction of sp³-hybridized carbons (Fsp3) is 0.467. The van der Waals surface area contributed by atoms with Gasteiger partial charge in [-0.1, -0.05) is 24.0 Å². The van der Waals surface area contributed by atoms with Gasteiger partial charge in [-0.2, -0.15) is 13.2 Å². The second-order valence-electron chi connectivity index (χ2n) is 10.8. The smallest absolute Gasteiger partial charge is 0.393 e. The third kappa shape index (κ3) is 7.04. The maximum Gasteiger partial charge on any atom is 0.393 e. The molecule has 0 unspecified atom stereocenters. The fourth-order valence-corrected chi connectivity index (χ4v) is 9.72. The second kappa shape index (κ2) is 12.8. The molecule has 0 radical (unpaired) electrons. The molecule has 0 saturated carbocycles. The Morgan fingerprint density at radius 1 is 1.17 bits per heavy atom. The largest absolute Gasteiger partial charge is 0.461 e. The molecule has 5 nitrogen and oxygen atoms in total. The van der Waals surface area contributed by atoms with Crippen molar-refractivity contribution >= 4 is 45.2 Å². The van der Waals surface area contributed by atoms with Gasteiger partial charge in [0, 0.05) is 30.7 Å².